The zero-order valence-electron chi connectivity index (χ0n) is 12.7. The lowest BCUT2D eigenvalue weighted by Crippen LogP contribution is -2.54. The predicted octanol–water partition coefficient (Wildman–Crippen LogP) is 1.22. The Morgan fingerprint density at radius 1 is 1.26 bits per heavy atom. The van der Waals surface area contributed by atoms with Gasteiger partial charge in [0, 0.05) is 18.6 Å². The van der Waals surface area contributed by atoms with Crippen LogP contribution in [0.3, 0.4) is 0 Å². The molecular weight excluding hydrogens is 238 g/mol. The summed E-state index contributed by atoms with van der Waals surface area (Å²) in [5.41, 5.74) is 0.184. The van der Waals surface area contributed by atoms with E-state index < -0.39 is 0 Å². The van der Waals surface area contributed by atoms with Crippen LogP contribution in [0.4, 0.5) is 0 Å². The second kappa shape index (κ2) is 6.23. The fourth-order valence-corrected chi connectivity index (χ4v) is 3.54. The largest absolute Gasteiger partial charge is 0.354 e. The Morgan fingerprint density at radius 3 is 2.47 bits per heavy atom. The Bertz CT molecular complexity index is 311. The van der Waals surface area contributed by atoms with E-state index in [9.17, 15) is 4.79 Å². The van der Waals surface area contributed by atoms with Crippen LogP contribution in [0.2, 0.25) is 0 Å². The van der Waals surface area contributed by atoms with E-state index in [1.165, 1.54) is 32.1 Å². The Labute approximate surface area is 117 Å². The third-order valence-electron chi connectivity index (χ3n) is 5.18. The maximum absolute atomic E-state index is 12.3. The first-order valence-electron chi connectivity index (χ1n) is 7.71. The van der Waals surface area contributed by atoms with Crippen molar-refractivity contribution in [2.24, 2.45) is 11.8 Å². The molecule has 4 heteroatoms. The fourth-order valence-electron chi connectivity index (χ4n) is 3.54. The first kappa shape index (κ1) is 14.8. The summed E-state index contributed by atoms with van der Waals surface area (Å²) in [4.78, 5) is 14.6. The molecule has 2 rings (SSSR count). The highest BCUT2D eigenvalue weighted by molar-refractivity contribution is 5.79. The molecule has 2 atom stereocenters. The molecule has 2 aliphatic rings. The van der Waals surface area contributed by atoms with Gasteiger partial charge in [-0.1, -0.05) is 26.2 Å². The van der Waals surface area contributed by atoms with Crippen molar-refractivity contribution in [3.8, 4) is 0 Å². The van der Waals surface area contributed by atoms with Crippen molar-refractivity contribution in [3.63, 3.8) is 0 Å². The molecule has 4 nitrogen and oxygen atoms in total. The lowest BCUT2D eigenvalue weighted by Gasteiger charge is -2.43. The summed E-state index contributed by atoms with van der Waals surface area (Å²) in [6, 6.07) is 0. The zero-order valence-corrected chi connectivity index (χ0v) is 12.7. The minimum atomic E-state index is 0.155. The van der Waals surface area contributed by atoms with Gasteiger partial charge >= 0.3 is 0 Å². The molecule has 0 aromatic carbocycles. The predicted molar refractivity (Wildman–Crippen MR) is 78.0 cm³/mol. The third kappa shape index (κ3) is 3.29. The summed E-state index contributed by atoms with van der Waals surface area (Å²) in [6.45, 7) is 4.77. The first-order chi connectivity index (χ1) is 9.05. The molecule has 0 radical (unpaired) electrons. The van der Waals surface area contributed by atoms with Crippen LogP contribution in [0.1, 0.15) is 39.0 Å². The molecule has 0 aromatic rings. The minimum absolute atomic E-state index is 0.155. The quantitative estimate of drug-likeness (QED) is 0.805. The number of amides is 1. The van der Waals surface area contributed by atoms with Gasteiger partial charge in [0.15, 0.2) is 0 Å². The number of hydrogen-bond donors (Lipinski definition) is 2. The van der Waals surface area contributed by atoms with Crippen molar-refractivity contribution in [3.05, 3.63) is 0 Å². The molecule has 0 spiro atoms. The second-order valence-electron chi connectivity index (χ2n) is 6.64. The van der Waals surface area contributed by atoms with Crippen LogP contribution in [-0.2, 0) is 4.79 Å². The van der Waals surface area contributed by atoms with Crippen LogP contribution in [0.25, 0.3) is 0 Å². The average Bonchev–Trinajstić information content (AvgIpc) is 2.83. The van der Waals surface area contributed by atoms with Gasteiger partial charge in [-0.2, -0.15) is 0 Å². The number of rotatable bonds is 4. The lowest BCUT2D eigenvalue weighted by atomic mass is 9.80. The molecule has 0 bridgehead atoms. The summed E-state index contributed by atoms with van der Waals surface area (Å²) >= 11 is 0. The van der Waals surface area contributed by atoms with E-state index in [-0.39, 0.29) is 17.4 Å². The molecule has 2 unspecified atom stereocenters. The van der Waals surface area contributed by atoms with E-state index in [4.69, 9.17) is 0 Å². The molecule has 1 aliphatic carbocycles. The maximum atomic E-state index is 12.3. The molecule has 2 fully saturated rings. The van der Waals surface area contributed by atoms with Crippen LogP contribution in [-0.4, -0.2) is 50.1 Å². The summed E-state index contributed by atoms with van der Waals surface area (Å²) in [7, 11) is 4.30. The van der Waals surface area contributed by atoms with Crippen molar-refractivity contribution in [2.45, 2.75) is 44.6 Å². The van der Waals surface area contributed by atoms with Gasteiger partial charge in [-0.3, -0.25) is 4.79 Å². The van der Waals surface area contributed by atoms with Crippen LogP contribution in [0.15, 0.2) is 0 Å². The zero-order chi connectivity index (χ0) is 13.9. The van der Waals surface area contributed by atoms with Crippen LogP contribution in [0, 0.1) is 11.8 Å². The number of likely N-dealkylation sites (N-methyl/N-ethyl adjacent to an activating group) is 1. The monoisotopic (exact) mass is 267 g/mol. The second-order valence-corrected chi connectivity index (χ2v) is 6.64. The smallest absolute Gasteiger partial charge is 0.224 e. The fraction of sp³-hybridized carbons (Fsp3) is 0.933. The highest BCUT2D eigenvalue weighted by Crippen LogP contribution is 2.31. The minimum Gasteiger partial charge on any atom is -0.354 e. The van der Waals surface area contributed by atoms with Gasteiger partial charge in [0.25, 0.3) is 0 Å². The van der Waals surface area contributed by atoms with Gasteiger partial charge in [0.1, 0.15) is 0 Å². The molecule has 1 aliphatic heterocycles. The summed E-state index contributed by atoms with van der Waals surface area (Å²) < 4.78 is 0. The van der Waals surface area contributed by atoms with E-state index in [0.717, 1.165) is 19.6 Å². The number of carbonyl (C=O) groups is 1. The topological polar surface area (TPSA) is 44.4 Å². The molecule has 2 N–H and O–H groups in total. The Balaban J connectivity index is 1.90. The average molecular weight is 267 g/mol. The van der Waals surface area contributed by atoms with Crippen molar-refractivity contribution < 1.29 is 4.79 Å². The van der Waals surface area contributed by atoms with E-state index >= 15 is 0 Å². The van der Waals surface area contributed by atoms with E-state index in [2.05, 4.69) is 36.6 Å². The number of nitrogens with one attached hydrogen (secondary N) is 2. The molecule has 19 heavy (non-hydrogen) atoms. The normalized spacial score (nSPS) is 30.5. The Morgan fingerprint density at radius 2 is 1.95 bits per heavy atom. The molecule has 110 valence electrons. The van der Waals surface area contributed by atoms with E-state index in [0.29, 0.717) is 5.92 Å². The van der Waals surface area contributed by atoms with Crippen LogP contribution in [0.5, 0.6) is 0 Å². The van der Waals surface area contributed by atoms with Crippen molar-refractivity contribution in [1.29, 1.82) is 0 Å². The number of nitrogens with zero attached hydrogens (tertiary/aromatic N) is 1. The summed E-state index contributed by atoms with van der Waals surface area (Å²) in [5, 5.41) is 6.53. The van der Waals surface area contributed by atoms with E-state index in [1.54, 1.807) is 0 Å². The molecule has 1 saturated carbocycles. The van der Waals surface area contributed by atoms with Gasteiger partial charge in [0.05, 0.1) is 5.92 Å². The lowest BCUT2D eigenvalue weighted by molar-refractivity contribution is -0.126. The van der Waals surface area contributed by atoms with Crippen molar-refractivity contribution in [1.82, 2.24) is 15.5 Å². The van der Waals surface area contributed by atoms with Crippen molar-refractivity contribution >= 4 is 5.91 Å². The standard InChI is InChI=1S/C15H29N3O/c1-12-9-16-10-13(12)14(19)17-11-15(18(2)3)7-5-4-6-8-15/h12-13,16H,4-11H2,1-3H3,(H,17,19). The van der Waals surface area contributed by atoms with Gasteiger partial charge in [-0.25, -0.2) is 0 Å². The molecular formula is C15H29N3O. The van der Waals surface area contributed by atoms with Gasteiger partial charge in [-0.15, -0.1) is 0 Å². The highest BCUT2D eigenvalue weighted by atomic mass is 16.1. The molecule has 0 aromatic heterocycles. The Hall–Kier alpha value is -0.610. The van der Waals surface area contributed by atoms with Gasteiger partial charge in [-0.05, 0) is 39.4 Å². The molecule has 1 amide bonds. The van der Waals surface area contributed by atoms with Crippen molar-refractivity contribution in [2.75, 3.05) is 33.7 Å². The third-order valence-corrected chi connectivity index (χ3v) is 5.18. The van der Waals surface area contributed by atoms with Gasteiger partial charge in [0.2, 0.25) is 5.91 Å². The maximum Gasteiger partial charge on any atom is 0.224 e. The SMILES string of the molecule is CC1CNCC1C(=O)NCC1(N(C)C)CCCCC1. The van der Waals surface area contributed by atoms with Gasteiger partial charge < -0.3 is 15.5 Å². The van der Waals surface area contributed by atoms with Crippen LogP contribution < -0.4 is 10.6 Å². The molecule has 1 saturated heterocycles. The molecule has 1 heterocycles. The Kier molecular flexibility index (Phi) is 4.85. The summed E-state index contributed by atoms with van der Waals surface area (Å²) in [5.74, 6) is 0.855. The number of hydrogen-bond acceptors (Lipinski definition) is 3. The number of carbonyl (C=O) groups excluding carboxylic acids is 1. The first-order valence-corrected chi connectivity index (χ1v) is 7.71. The highest BCUT2D eigenvalue weighted by Gasteiger charge is 2.36. The summed E-state index contributed by atoms with van der Waals surface area (Å²) in [6.07, 6.45) is 6.33. The van der Waals surface area contributed by atoms with E-state index in [1.807, 2.05) is 0 Å². The van der Waals surface area contributed by atoms with Crippen LogP contribution >= 0.6 is 0 Å².